The molecule has 0 bridgehead atoms. The molecule has 2 rings (SSSR count). The van der Waals surface area contributed by atoms with Gasteiger partial charge in [-0.25, -0.2) is 14.8 Å². The topological polar surface area (TPSA) is 55.3 Å². The van der Waals surface area contributed by atoms with E-state index in [0.717, 1.165) is 12.0 Å². The number of likely N-dealkylation sites (tertiary alicyclic amines) is 1. The number of carbonyl (C=O) groups excluding carboxylic acids is 1. The molecule has 2 heterocycles. The highest BCUT2D eigenvalue weighted by Gasteiger charge is 2.40. The van der Waals surface area contributed by atoms with Crippen LogP contribution in [0.3, 0.4) is 0 Å². The molecule has 1 aromatic rings. The minimum absolute atomic E-state index is 0.0946. The first-order valence-electron chi connectivity index (χ1n) is 7.95. The van der Waals surface area contributed by atoms with Crippen molar-refractivity contribution in [3.63, 3.8) is 0 Å². The molecular formula is C17H27N3O2. The molecule has 1 aromatic heterocycles. The lowest BCUT2D eigenvalue weighted by molar-refractivity contribution is 0.0211. The molecule has 22 heavy (non-hydrogen) atoms. The van der Waals surface area contributed by atoms with Crippen LogP contribution in [0.25, 0.3) is 0 Å². The van der Waals surface area contributed by atoms with Crippen molar-refractivity contribution in [2.75, 3.05) is 6.54 Å². The average Bonchev–Trinajstić information content (AvgIpc) is 2.83. The van der Waals surface area contributed by atoms with Gasteiger partial charge in [-0.15, -0.1) is 0 Å². The van der Waals surface area contributed by atoms with E-state index in [1.54, 1.807) is 17.3 Å². The van der Waals surface area contributed by atoms with Crippen LogP contribution in [0.1, 0.15) is 58.5 Å². The largest absolute Gasteiger partial charge is 0.444 e. The summed E-state index contributed by atoms with van der Waals surface area (Å²) in [5.41, 5.74) is 0.525. The van der Waals surface area contributed by atoms with E-state index in [0.29, 0.717) is 24.2 Å². The molecule has 1 saturated heterocycles. The number of aromatic nitrogens is 2. The number of carbonyl (C=O) groups is 1. The molecule has 0 aromatic carbocycles. The monoisotopic (exact) mass is 305 g/mol. The third-order valence-corrected chi connectivity index (χ3v) is 4.00. The fraction of sp³-hybridized carbons (Fsp3) is 0.706. The molecule has 0 aliphatic carbocycles. The predicted molar refractivity (Wildman–Crippen MR) is 85.4 cm³/mol. The Bertz CT molecular complexity index is 520. The number of rotatable bonds is 2. The summed E-state index contributed by atoms with van der Waals surface area (Å²) in [7, 11) is 0. The van der Waals surface area contributed by atoms with Gasteiger partial charge in [0.05, 0.1) is 6.04 Å². The molecule has 0 N–H and O–H groups in total. The van der Waals surface area contributed by atoms with Gasteiger partial charge in [0.25, 0.3) is 0 Å². The Morgan fingerprint density at radius 2 is 1.91 bits per heavy atom. The second kappa shape index (κ2) is 6.23. The number of hydrogen-bond donors (Lipinski definition) is 0. The third kappa shape index (κ3) is 3.96. The number of hydrogen-bond acceptors (Lipinski definition) is 4. The molecular weight excluding hydrogens is 278 g/mol. The second-order valence-corrected chi connectivity index (χ2v) is 7.51. The molecule has 1 amide bonds. The van der Waals surface area contributed by atoms with Crippen LogP contribution in [0.5, 0.6) is 0 Å². The van der Waals surface area contributed by atoms with Crippen molar-refractivity contribution in [3.05, 3.63) is 23.8 Å². The molecule has 0 radical (unpaired) electrons. The molecule has 122 valence electrons. The van der Waals surface area contributed by atoms with Crippen molar-refractivity contribution in [1.29, 1.82) is 0 Å². The smallest absolute Gasteiger partial charge is 0.410 e. The Balaban J connectivity index is 2.23. The number of nitrogens with zero attached hydrogens (tertiary/aromatic N) is 3. The zero-order valence-electron chi connectivity index (χ0n) is 14.5. The van der Waals surface area contributed by atoms with Gasteiger partial charge in [0, 0.05) is 18.9 Å². The van der Waals surface area contributed by atoms with Crippen molar-refractivity contribution >= 4 is 6.09 Å². The maximum Gasteiger partial charge on any atom is 0.410 e. The van der Waals surface area contributed by atoms with Crippen LogP contribution in [-0.4, -0.2) is 33.1 Å². The summed E-state index contributed by atoms with van der Waals surface area (Å²) >= 11 is 0. The van der Waals surface area contributed by atoms with Gasteiger partial charge >= 0.3 is 6.09 Å². The van der Waals surface area contributed by atoms with Crippen LogP contribution in [0.15, 0.2) is 12.4 Å². The van der Waals surface area contributed by atoms with Crippen LogP contribution < -0.4 is 0 Å². The van der Waals surface area contributed by atoms with Gasteiger partial charge in [0.2, 0.25) is 0 Å². The molecule has 5 heteroatoms. The Morgan fingerprint density at radius 3 is 2.41 bits per heavy atom. The van der Waals surface area contributed by atoms with Crippen molar-refractivity contribution in [2.24, 2.45) is 11.8 Å². The minimum atomic E-state index is -0.494. The molecule has 1 aliphatic rings. The average molecular weight is 305 g/mol. The second-order valence-electron chi connectivity index (χ2n) is 7.51. The highest BCUT2D eigenvalue weighted by Crippen LogP contribution is 2.38. The highest BCUT2D eigenvalue weighted by atomic mass is 16.6. The summed E-state index contributed by atoms with van der Waals surface area (Å²) < 4.78 is 5.56. The molecule has 5 nitrogen and oxygen atoms in total. The fourth-order valence-corrected chi connectivity index (χ4v) is 2.69. The number of aryl methyl sites for hydroxylation is 1. The number of amides is 1. The molecule has 1 fully saturated rings. The van der Waals surface area contributed by atoms with Gasteiger partial charge < -0.3 is 4.74 Å². The summed E-state index contributed by atoms with van der Waals surface area (Å²) in [6.07, 6.45) is 4.22. The summed E-state index contributed by atoms with van der Waals surface area (Å²) in [4.78, 5) is 23.2. The van der Waals surface area contributed by atoms with E-state index in [-0.39, 0.29) is 12.1 Å². The van der Waals surface area contributed by atoms with Crippen LogP contribution in [0.2, 0.25) is 0 Å². The van der Waals surface area contributed by atoms with E-state index in [9.17, 15) is 4.79 Å². The van der Waals surface area contributed by atoms with E-state index >= 15 is 0 Å². The van der Waals surface area contributed by atoms with Crippen LogP contribution >= 0.6 is 0 Å². The third-order valence-electron chi connectivity index (χ3n) is 4.00. The SMILES string of the molecule is Cc1cnc(C2CC(C(C)C)CN2C(=O)OC(C)(C)C)nc1. The summed E-state index contributed by atoms with van der Waals surface area (Å²) in [5.74, 6) is 1.67. The van der Waals surface area contributed by atoms with E-state index in [4.69, 9.17) is 4.74 Å². The van der Waals surface area contributed by atoms with Crippen molar-refractivity contribution < 1.29 is 9.53 Å². The van der Waals surface area contributed by atoms with Crippen molar-refractivity contribution in [1.82, 2.24) is 14.9 Å². The fourth-order valence-electron chi connectivity index (χ4n) is 2.69. The lowest BCUT2D eigenvalue weighted by atomic mass is 9.93. The van der Waals surface area contributed by atoms with Gasteiger partial charge in [-0.3, -0.25) is 4.90 Å². The number of ether oxygens (including phenoxy) is 1. The van der Waals surface area contributed by atoms with E-state index in [2.05, 4.69) is 23.8 Å². The normalized spacial score (nSPS) is 22.2. The summed E-state index contributed by atoms with van der Waals surface area (Å²) in [6, 6.07) is -0.0946. The van der Waals surface area contributed by atoms with Gasteiger partial charge in [-0.1, -0.05) is 13.8 Å². The van der Waals surface area contributed by atoms with Gasteiger partial charge in [0.15, 0.2) is 5.82 Å². The summed E-state index contributed by atoms with van der Waals surface area (Å²) in [6.45, 7) is 12.7. The highest BCUT2D eigenvalue weighted by molar-refractivity contribution is 5.69. The van der Waals surface area contributed by atoms with Gasteiger partial charge in [-0.05, 0) is 51.5 Å². The van der Waals surface area contributed by atoms with Crippen LogP contribution in [0.4, 0.5) is 4.79 Å². The molecule has 0 spiro atoms. The minimum Gasteiger partial charge on any atom is -0.444 e. The van der Waals surface area contributed by atoms with E-state index < -0.39 is 5.60 Å². The predicted octanol–water partition coefficient (Wildman–Crippen LogP) is 3.74. The van der Waals surface area contributed by atoms with Crippen LogP contribution in [0, 0.1) is 18.8 Å². The lowest BCUT2D eigenvalue weighted by Crippen LogP contribution is -2.37. The Labute approximate surface area is 133 Å². The molecule has 0 saturated carbocycles. The first-order chi connectivity index (χ1) is 10.2. The van der Waals surface area contributed by atoms with Crippen molar-refractivity contribution in [3.8, 4) is 0 Å². The zero-order chi connectivity index (χ0) is 16.5. The zero-order valence-corrected chi connectivity index (χ0v) is 14.5. The first kappa shape index (κ1) is 16.7. The first-order valence-corrected chi connectivity index (χ1v) is 7.95. The van der Waals surface area contributed by atoms with E-state index in [1.165, 1.54) is 0 Å². The summed E-state index contributed by atoms with van der Waals surface area (Å²) in [5, 5.41) is 0. The lowest BCUT2D eigenvalue weighted by Gasteiger charge is -2.28. The maximum absolute atomic E-state index is 12.5. The molecule has 2 unspecified atom stereocenters. The quantitative estimate of drug-likeness (QED) is 0.835. The van der Waals surface area contributed by atoms with Crippen molar-refractivity contribution in [2.45, 2.75) is 59.6 Å². The van der Waals surface area contributed by atoms with E-state index in [1.807, 2.05) is 27.7 Å². The Morgan fingerprint density at radius 1 is 1.32 bits per heavy atom. The molecule has 2 atom stereocenters. The van der Waals surface area contributed by atoms with Crippen LogP contribution in [-0.2, 0) is 4.74 Å². The molecule has 1 aliphatic heterocycles. The Kier molecular flexibility index (Phi) is 4.73. The van der Waals surface area contributed by atoms with Gasteiger partial charge in [0.1, 0.15) is 5.60 Å². The van der Waals surface area contributed by atoms with Gasteiger partial charge in [-0.2, -0.15) is 0 Å². The standard InChI is InChI=1S/C17H27N3O2/c1-11(2)13-7-14(15-18-8-12(3)9-19-15)20(10-13)16(21)22-17(4,5)6/h8-9,11,13-14H,7,10H2,1-6H3. The Hall–Kier alpha value is -1.65. The maximum atomic E-state index is 12.5.